The highest BCUT2D eigenvalue weighted by Crippen LogP contribution is 2.32. The second kappa shape index (κ2) is 9.15. The summed E-state index contributed by atoms with van der Waals surface area (Å²) < 4.78 is 40.1. The molecule has 1 saturated carbocycles. The molecule has 2 heterocycles. The Bertz CT molecular complexity index is 1220. The maximum Gasteiger partial charge on any atom is 0.227 e. The van der Waals surface area contributed by atoms with Crippen LogP contribution in [0.4, 0.5) is 9.52 Å². The van der Waals surface area contributed by atoms with E-state index < -0.39 is 9.84 Å². The van der Waals surface area contributed by atoms with E-state index in [9.17, 15) is 17.6 Å². The van der Waals surface area contributed by atoms with Crippen molar-refractivity contribution in [1.82, 2.24) is 9.55 Å². The molecule has 6 nitrogen and oxygen atoms in total. The SMILES string of the molecule is Cc1cc(-c2csc(NC(=O)CCS(=O)(=O)C3CCCC3)n2)c(C)n1-c1ccc(F)cc1. The van der Waals surface area contributed by atoms with Crippen LogP contribution in [0.3, 0.4) is 0 Å². The monoisotopic (exact) mass is 475 g/mol. The normalized spacial score (nSPS) is 14.7. The molecule has 0 radical (unpaired) electrons. The van der Waals surface area contributed by atoms with Crippen molar-refractivity contribution in [2.75, 3.05) is 11.1 Å². The Kier molecular flexibility index (Phi) is 6.48. The second-order valence-corrected chi connectivity index (χ2v) is 11.5. The number of aryl methyl sites for hydroxylation is 1. The molecule has 2 aromatic heterocycles. The lowest BCUT2D eigenvalue weighted by atomic mass is 10.2. The number of amides is 1. The third kappa shape index (κ3) is 4.78. The van der Waals surface area contributed by atoms with Gasteiger partial charge in [0.2, 0.25) is 5.91 Å². The van der Waals surface area contributed by atoms with Gasteiger partial charge in [0.25, 0.3) is 0 Å². The number of hydrogen-bond acceptors (Lipinski definition) is 5. The largest absolute Gasteiger partial charge is 0.318 e. The van der Waals surface area contributed by atoms with Gasteiger partial charge in [-0.15, -0.1) is 11.3 Å². The summed E-state index contributed by atoms with van der Waals surface area (Å²) in [5.41, 5.74) is 4.46. The van der Waals surface area contributed by atoms with Crippen LogP contribution in [0.1, 0.15) is 43.5 Å². The maximum atomic E-state index is 13.3. The van der Waals surface area contributed by atoms with Crippen LogP contribution in [0.2, 0.25) is 0 Å². The van der Waals surface area contributed by atoms with E-state index in [1.54, 1.807) is 12.1 Å². The van der Waals surface area contributed by atoms with Gasteiger partial charge in [-0.25, -0.2) is 17.8 Å². The van der Waals surface area contributed by atoms with Crippen molar-refractivity contribution >= 4 is 32.2 Å². The number of nitrogens with one attached hydrogen (secondary N) is 1. The first kappa shape index (κ1) is 22.7. The highest BCUT2D eigenvalue weighted by atomic mass is 32.2. The van der Waals surface area contributed by atoms with Gasteiger partial charge in [0.15, 0.2) is 15.0 Å². The molecular weight excluding hydrogens is 449 g/mol. The average molecular weight is 476 g/mol. The van der Waals surface area contributed by atoms with Gasteiger partial charge in [-0.05, 0) is 57.0 Å². The van der Waals surface area contributed by atoms with E-state index in [1.807, 2.05) is 29.9 Å². The number of hydrogen-bond donors (Lipinski definition) is 1. The zero-order valence-electron chi connectivity index (χ0n) is 18.1. The van der Waals surface area contributed by atoms with Gasteiger partial charge in [-0.1, -0.05) is 12.8 Å². The summed E-state index contributed by atoms with van der Waals surface area (Å²) in [6.07, 6.45) is 3.23. The van der Waals surface area contributed by atoms with Crippen LogP contribution in [-0.2, 0) is 14.6 Å². The summed E-state index contributed by atoms with van der Waals surface area (Å²) >= 11 is 1.30. The van der Waals surface area contributed by atoms with E-state index in [2.05, 4.69) is 10.3 Å². The van der Waals surface area contributed by atoms with Crippen molar-refractivity contribution in [2.24, 2.45) is 0 Å². The molecule has 1 amide bonds. The molecule has 3 aromatic rings. The molecule has 1 aliphatic rings. The first-order valence-corrected chi connectivity index (χ1v) is 13.3. The Hall–Kier alpha value is -2.52. The third-order valence-electron chi connectivity index (χ3n) is 5.97. The van der Waals surface area contributed by atoms with Crippen LogP contribution in [0.25, 0.3) is 16.9 Å². The smallest absolute Gasteiger partial charge is 0.227 e. The summed E-state index contributed by atoms with van der Waals surface area (Å²) in [5, 5.41) is 4.74. The van der Waals surface area contributed by atoms with E-state index in [-0.39, 0.29) is 29.1 Å². The number of rotatable bonds is 7. The average Bonchev–Trinajstić information content (AvgIpc) is 3.49. The minimum Gasteiger partial charge on any atom is -0.318 e. The number of carbonyl (C=O) groups excluding carboxylic acids is 1. The molecule has 0 aliphatic heterocycles. The van der Waals surface area contributed by atoms with E-state index in [0.717, 1.165) is 41.2 Å². The quantitative estimate of drug-likeness (QED) is 0.519. The van der Waals surface area contributed by atoms with Crippen molar-refractivity contribution in [1.29, 1.82) is 0 Å². The van der Waals surface area contributed by atoms with E-state index in [1.165, 1.54) is 23.5 Å². The molecule has 0 atom stereocenters. The summed E-state index contributed by atoms with van der Waals surface area (Å²) in [5.74, 6) is -0.753. The minimum atomic E-state index is -3.23. The lowest BCUT2D eigenvalue weighted by Gasteiger charge is -2.10. The fourth-order valence-electron chi connectivity index (χ4n) is 4.30. The van der Waals surface area contributed by atoms with Crippen molar-refractivity contribution < 1.29 is 17.6 Å². The molecule has 32 heavy (non-hydrogen) atoms. The Morgan fingerprint density at radius 1 is 1.22 bits per heavy atom. The molecule has 0 spiro atoms. The zero-order valence-corrected chi connectivity index (χ0v) is 19.7. The van der Waals surface area contributed by atoms with E-state index in [4.69, 9.17) is 0 Å². The van der Waals surface area contributed by atoms with Crippen molar-refractivity contribution in [3.05, 3.63) is 52.9 Å². The number of carbonyl (C=O) groups is 1. The van der Waals surface area contributed by atoms with Gasteiger partial charge in [-0.2, -0.15) is 0 Å². The fraction of sp³-hybridized carbons (Fsp3) is 0.391. The predicted octanol–water partition coefficient (Wildman–Crippen LogP) is 5.04. The molecule has 0 saturated heterocycles. The Morgan fingerprint density at radius 2 is 1.91 bits per heavy atom. The molecule has 1 fully saturated rings. The molecular formula is C23H26FN3O3S2. The first-order valence-electron chi connectivity index (χ1n) is 10.7. The van der Waals surface area contributed by atoms with Crippen LogP contribution in [0.15, 0.2) is 35.7 Å². The lowest BCUT2D eigenvalue weighted by molar-refractivity contribution is -0.115. The van der Waals surface area contributed by atoms with Crippen LogP contribution in [0, 0.1) is 19.7 Å². The molecule has 1 aromatic carbocycles. The van der Waals surface area contributed by atoms with E-state index in [0.29, 0.717) is 18.0 Å². The zero-order chi connectivity index (χ0) is 22.9. The Labute approximate surface area is 191 Å². The van der Waals surface area contributed by atoms with Crippen molar-refractivity contribution in [3.8, 4) is 16.9 Å². The maximum absolute atomic E-state index is 13.3. The van der Waals surface area contributed by atoms with Gasteiger partial charge in [0, 0.05) is 34.4 Å². The van der Waals surface area contributed by atoms with Crippen LogP contribution < -0.4 is 5.32 Å². The van der Waals surface area contributed by atoms with Crippen LogP contribution in [-0.4, -0.2) is 34.9 Å². The van der Waals surface area contributed by atoms with E-state index >= 15 is 0 Å². The fourth-order valence-corrected chi connectivity index (χ4v) is 6.88. The van der Waals surface area contributed by atoms with Crippen LogP contribution >= 0.6 is 11.3 Å². The highest BCUT2D eigenvalue weighted by Gasteiger charge is 2.29. The number of nitrogens with zero attached hydrogens (tertiary/aromatic N) is 2. The minimum absolute atomic E-state index is 0.0627. The molecule has 0 unspecified atom stereocenters. The number of halogens is 1. The summed E-state index contributed by atoms with van der Waals surface area (Å²) in [4.78, 5) is 16.8. The Morgan fingerprint density at radius 3 is 2.59 bits per heavy atom. The molecule has 170 valence electrons. The van der Waals surface area contributed by atoms with Gasteiger partial charge in [0.05, 0.1) is 16.7 Å². The van der Waals surface area contributed by atoms with Gasteiger partial charge < -0.3 is 9.88 Å². The first-order chi connectivity index (χ1) is 15.2. The summed E-state index contributed by atoms with van der Waals surface area (Å²) in [6, 6.07) is 8.32. The standard InChI is InChI=1S/C23H26FN3O3S2/c1-15-13-20(16(2)27(15)18-9-7-17(24)8-10-18)21-14-31-23(25-21)26-22(28)11-12-32(29,30)19-5-3-4-6-19/h7-10,13-14,19H,3-6,11-12H2,1-2H3,(H,25,26,28). The third-order valence-corrected chi connectivity index (χ3v) is 8.98. The Balaban J connectivity index is 1.44. The number of benzene rings is 1. The molecule has 9 heteroatoms. The van der Waals surface area contributed by atoms with Gasteiger partial charge >= 0.3 is 0 Å². The molecule has 4 rings (SSSR count). The van der Waals surface area contributed by atoms with Crippen LogP contribution in [0.5, 0.6) is 0 Å². The molecule has 0 bridgehead atoms. The summed E-state index contributed by atoms with van der Waals surface area (Å²) in [6.45, 7) is 3.94. The molecule has 1 N–H and O–H groups in total. The van der Waals surface area contributed by atoms with Gasteiger partial charge in [-0.3, -0.25) is 4.79 Å². The number of sulfone groups is 1. The van der Waals surface area contributed by atoms with Crippen molar-refractivity contribution in [3.63, 3.8) is 0 Å². The topological polar surface area (TPSA) is 81.1 Å². The number of anilines is 1. The number of aromatic nitrogens is 2. The number of thiazole rings is 1. The molecule has 1 aliphatic carbocycles. The highest BCUT2D eigenvalue weighted by molar-refractivity contribution is 7.92. The predicted molar refractivity (Wildman–Crippen MR) is 126 cm³/mol. The van der Waals surface area contributed by atoms with Gasteiger partial charge in [0.1, 0.15) is 5.82 Å². The van der Waals surface area contributed by atoms with Crippen molar-refractivity contribution in [2.45, 2.75) is 51.2 Å². The lowest BCUT2D eigenvalue weighted by Crippen LogP contribution is -2.24. The summed E-state index contributed by atoms with van der Waals surface area (Å²) in [7, 11) is -3.23. The second-order valence-electron chi connectivity index (χ2n) is 8.21.